The van der Waals surface area contributed by atoms with E-state index >= 15 is 0 Å². The Balaban J connectivity index is 1.89. The largest absolute Gasteiger partial charge is 0.481 e. The Morgan fingerprint density at radius 2 is 2.14 bits per heavy atom. The van der Waals surface area contributed by atoms with Gasteiger partial charge in [-0.25, -0.2) is 4.39 Å². The first-order valence-corrected chi connectivity index (χ1v) is 11.4. The van der Waals surface area contributed by atoms with Crippen LogP contribution < -0.4 is 0 Å². The van der Waals surface area contributed by atoms with Crippen LogP contribution in [-0.2, 0) is 14.3 Å². The second-order valence-electron chi connectivity index (χ2n) is 10.4. The van der Waals surface area contributed by atoms with E-state index in [0.29, 0.717) is 32.5 Å². The van der Waals surface area contributed by atoms with Crippen LogP contribution in [0.4, 0.5) is 4.39 Å². The van der Waals surface area contributed by atoms with Crippen LogP contribution in [0.1, 0.15) is 59.8 Å². The number of aldehydes is 1. The van der Waals surface area contributed by atoms with E-state index in [2.05, 4.69) is 13.0 Å². The van der Waals surface area contributed by atoms with Gasteiger partial charge in [0, 0.05) is 12.0 Å². The Labute approximate surface area is 173 Å². The Bertz CT molecular complexity index is 732. The molecule has 0 aliphatic heterocycles. The van der Waals surface area contributed by atoms with E-state index in [9.17, 15) is 19.1 Å². The lowest BCUT2D eigenvalue weighted by Crippen LogP contribution is -2.63. The Morgan fingerprint density at radius 1 is 1.41 bits per heavy atom. The SMILES string of the molecule is CCCCOCC12CC3C(C[C@@H](F)[C@H]3C)[C@@]3(C=O)C[C@@H]1C=C(C(C)C)[C@]23C(=O)O. The van der Waals surface area contributed by atoms with Crippen molar-refractivity contribution in [2.45, 2.75) is 66.0 Å². The van der Waals surface area contributed by atoms with Crippen LogP contribution >= 0.6 is 0 Å². The minimum absolute atomic E-state index is 0.0127. The fourth-order valence-electron chi connectivity index (χ4n) is 8.07. The van der Waals surface area contributed by atoms with E-state index in [-0.39, 0.29) is 29.6 Å². The van der Waals surface area contributed by atoms with Crippen molar-refractivity contribution >= 4 is 12.3 Å². The number of allylic oxidation sites excluding steroid dienone is 1. The molecule has 0 heterocycles. The summed E-state index contributed by atoms with van der Waals surface area (Å²) < 4.78 is 21.0. The molecule has 0 aromatic rings. The summed E-state index contributed by atoms with van der Waals surface area (Å²) in [4.78, 5) is 26.0. The summed E-state index contributed by atoms with van der Waals surface area (Å²) in [6, 6.07) is 0. The molecule has 0 saturated heterocycles. The van der Waals surface area contributed by atoms with E-state index in [0.717, 1.165) is 24.7 Å². The molecule has 8 atom stereocenters. The maximum atomic E-state index is 14.8. The first kappa shape index (κ1) is 21.0. The average molecular weight is 407 g/mol. The van der Waals surface area contributed by atoms with Gasteiger partial charge >= 0.3 is 5.97 Å². The van der Waals surface area contributed by atoms with Gasteiger partial charge in [0.15, 0.2) is 0 Å². The quantitative estimate of drug-likeness (QED) is 0.361. The van der Waals surface area contributed by atoms with E-state index < -0.39 is 28.4 Å². The zero-order valence-electron chi connectivity index (χ0n) is 18.1. The number of carboxylic acids is 1. The number of fused-ring (bicyclic) bond motifs is 2. The van der Waals surface area contributed by atoms with Crippen LogP contribution in [0, 0.1) is 45.8 Å². The number of unbranched alkanes of at least 4 members (excludes halogenated alkanes) is 1. The lowest BCUT2D eigenvalue weighted by molar-refractivity contribution is -0.186. The van der Waals surface area contributed by atoms with Crippen molar-refractivity contribution in [2.75, 3.05) is 13.2 Å². The minimum Gasteiger partial charge on any atom is -0.481 e. The summed E-state index contributed by atoms with van der Waals surface area (Å²) in [5.41, 5.74) is -2.06. The molecule has 0 spiro atoms. The molecule has 3 saturated carbocycles. The van der Waals surface area contributed by atoms with Gasteiger partial charge in [-0.15, -0.1) is 0 Å². The van der Waals surface area contributed by atoms with Gasteiger partial charge in [-0.05, 0) is 55.3 Å². The van der Waals surface area contributed by atoms with Crippen LogP contribution in [0.2, 0.25) is 0 Å². The molecule has 3 fully saturated rings. The molecule has 0 aromatic heterocycles. The average Bonchev–Trinajstić information content (AvgIpc) is 3.20. The predicted molar refractivity (Wildman–Crippen MR) is 108 cm³/mol. The number of carbonyl (C=O) groups is 2. The third-order valence-electron chi connectivity index (χ3n) is 9.18. The molecular formula is C24H35FO4. The summed E-state index contributed by atoms with van der Waals surface area (Å²) in [5, 5.41) is 10.8. The molecule has 162 valence electrons. The third kappa shape index (κ3) is 2.29. The number of alkyl halides is 1. The van der Waals surface area contributed by atoms with E-state index in [1.54, 1.807) is 0 Å². The van der Waals surface area contributed by atoms with Crippen molar-refractivity contribution in [3.05, 3.63) is 11.6 Å². The topological polar surface area (TPSA) is 63.6 Å². The number of hydrogen-bond donors (Lipinski definition) is 1. The van der Waals surface area contributed by atoms with Crippen LogP contribution in [0.5, 0.6) is 0 Å². The van der Waals surface area contributed by atoms with Crippen molar-refractivity contribution < 1.29 is 23.8 Å². The van der Waals surface area contributed by atoms with Crippen molar-refractivity contribution in [1.82, 2.24) is 0 Å². The summed E-state index contributed by atoms with van der Waals surface area (Å²) in [5.74, 6) is -1.15. The highest BCUT2D eigenvalue weighted by molar-refractivity contribution is 5.90. The smallest absolute Gasteiger partial charge is 0.315 e. The molecule has 4 aliphatic rings. The Kier molecular flexibility index (Phi) is 5.00. The number of carbonyl (C=O) groups excluding carboxylic acids is 1. The maximum absolute atomic E-state index is 14.8. The van der Waals surface area contributed by atoms with E-state index in [4.69, 9.17) is 4.74 Å². The van der Waals surface area contributed by atoms with Gasteiger partial charge in [0.1, 0.15) is 17.9 Å². The van der Waals surface area contributed by atoms with Gasteiger partial charge in [0.05, 0.1) is 12.0 Å². The Morgan fingerprint density at radius 3 is 2.72 bits per heavy atom. The lowest BCUT2D eigenvalue weighted by atomic mass is 9.43. The number of carboxylic acid groups (broad SMARTS) is 1. The van der Waals surface area contributed by atoms with Gasteiger partial charge in [-0.3, -0.25) is 4.79 Å². The normalized spacial score (nSPS) is 47.4. The molecule has 29 heavy (non-hydrogen) atoms. The highest BCUT2D eigenvalue weighted by Crippen LogP contribution is 2.82. The highest BCUT2D eigenvalue weighted by Gasteiger charge is 2.84. The third-order valence-corrected chi connectivity index (χ3v) is 9.18. The number of aliphatic carboxylic acids is 1. The second-order valence-corrected chi connectivity index (χ2v) is 10.4. The number of rotatable bonds is 8. The molecule has 0 aromatic carbocycles. The van der Waals surface area contributed by atoms with Crippen molar-refractivity contribution in [3.8, 4) is 0 Å². The fourth-order valence-corrected chi connectivity index (χ4v) is 8.07. The summed E-state index contributed by atoms with van der Waals surface area (Å²) in [6.45, 7) is 9.02. The standard InChI is InChI=1S/C24H35FO4/c1-5-6-7-29-13-23-11-17-15(4)20(25)9-19(17)22(12-26)10-16(23)8-18(14(2)3)24(22,23)21(27)28/h8,12,14-17,19-20H,5-7,9-11,13H2,1-4H3,(H,27,28)/t15-,16-,17?,19?,20+,22-,23?,24+/m0/s1. The van der Waals surface area contributed by atoms with Crippen molar-refractivity contribution in [1.29, 1.82) is 0 Å². The van der Waals surface area contributed by atoms with Crippen molar-refractivity contribution in [2.24, 2.45) is 45.8 Å². The first-order valence-electron chi connectivity index (χ1n) is 11.4. The van der Waals surface area contributed by atoms with Gasteiger partial charge < -0.3 is 14.6 Å². The second kappa shape index (κ2) is 6.90. The van der Waals surface area contributed by atoms with Gasteiger partial charge in [0.2, 0.25) is 0 Å². The first-order chi connectivity index (χ1) is 13.7. The van der Waals surface area contributed by atoms with Crippen molar-refractivity contribution in [3.63, 3.8) is 0 Å². The monoisotopic (exact) mass is 406 g/mol. The summed E-state index contributed by atoms with van der Waals surface area (Å²) in [6.07, 6.45) is 5.54. The molecule has 3 unspecified atom stereocenters. The van der Waals surface area contributed by atoms with Crippen LogP contribution in [-0.4, -0.2) is 36.7 Å². The molecule has 4 aliphatic carbocycles. The fraction of sp³-hybridized carbons (Fsp3) is 0.833. The Hall–Kier alpha value is -1.23. The molecule has 5 heteroatoms. The van der Waals surface area contributed by atoms with Gasteiger partial charge in [0.25, 0.3) is 0 Å². The van der Waals surface area contributed by atoms with E-state index in [1.807, 2.05) is 20.8 Å². The van der Waals surface area contributed by atoms with E-state index in [1.165, 1.54) is 0 Å². The summed E-state index contributed by atoms with van der Waals surface area (Å²) >= 11 is 0. The molecular weight excluding hydrogens is 371 g/mol. The summed E-state index contributed by atoms with van der Waals surface area (Å²) in [7, 11) is 0. The molecule has 0 radical (unpaired) electrons. The number of hydrogen-bond acceptors (Lipinski definition) is 3. The molecule has 4 nitrogen and oxygen atoms in total. The molecule has 1 N–H and O–H groups in total. The molecule has 4 rings (SSSR count). The minimum atomic E-state index is -1.27. The van der Waals surface area contributed by atoms with Gasteiger partial charge in [-0.2, -0.15) is 0 Å². The molecule has 0 amide bonds. The number of halogens is 1. The van der Waals surface area contributed by atoms with Crippen LogP contribution in [0.15, 0.2) is 11.6 Å². The highest BCUT2D eigenvalue weighted by atomic mass is 19.1. The molecule has 4 bridgehead atoms. The van der Waals surface area contributed by atoms with Crippen LogP contribution in [0.25, 0.3) is 0 Å². The number of ether oxygens (including phenoxy) is 1. The van der Waals surface area contributed by atoms with Crippen LogP contribution in [0.3, 0.4) is 0 Å². The zero-order valence-corrected chi connectivity index (χ0v) is 18.1. The zero-order chi connectivity index (χ0) is 21.2. The van der Waals surface area contributed by atoms with Gasteiger partial charge in [-0.1, -0.05) is 45.8 Å². The maximum Gasteiger partial charge on any atom is 0.315 e. The predicted octanol–water partition coefficient (Wildman–Crippen LogP) is 4.68. The lowest BCUT2D eigenvalue weighted by Gasteiger charge is -2.58.